The maximum atomic E-state index is 14.2. The van der Waals surface area contributed by atoms with Crippen LogP contribution in [0, 0.1) is 23.7 Å². The molecule has 2 heterocycles. The van der Waals surface area contributed by atoms with Crippen molar-refractivity contribution < 1.29 is 19.1 Å². The Labute approximate surface area is 241 Å². The van der Waals surface area contributed by atoms with Crippen LogP contribution in [0.15, 0.2) is 60.7 Å². The maximum Gasteiger partial charge on any atom is 0.410 e. The van der Waals surface area contributed by atoms with Crippen molar-refractivity contribution in [3.05, 3.63) is 71.8 Å². The van der Waals surface area contributed by atoms with Gasteiger partial charge in [-0.05, 0) is 86.0 Å². The van der Waals surface area contributed by atoms with Gasteiger partial charge in [-0.15, -0.1) is 0 Å². The highest BCUT2D eigenvalue weighted by molar-refractivity contribution is 5.93. The number of ether oxygens (including phenoxy) is 1. The molecule has 1 N–H and O–H groups in total. The fraction of sp³-hybridized carbons (Fsp3) is 0.500. The first-order chi connectivity index (χ1) is 19.7. The predicted octanol–water partition coefficient (Wildman–Crippen LogP) is 4.96. The molecule has 3 fully saturated rings. The lowest BCUT2D eigenvalue weighted by Crippen LogP contribution is -2.57. The van der Waals surface area contributed by atoms with Gasteiger partial charge in [0.05, 0.1) is 0 Å². The van der Waals surface area contributed by atoms with Crippen LogP contribution in [-0.2, 0) is 14.3 Å². The summed E-state index contributed by atoms with van der Waals surface area (Å²) < 4.78 is 5.95. The van der Waals surface area contributed by atoms with Gasteiger partial charge in [0.1, 0.15) is 18.7 Å². The summed E-state index contributed by atoms with van der Waals surface area (Å²) in [6.45, 7) is 7.20. The third-order valence-corrected chi connectivity index (χ3v) is 9.95. The highest BCUT2D eigenvalue weighted by Crippen LogP contribution is 2.54. The molecule has 7 rings (SSSR count). The number of nitrogens with one attached hydrogen (secondary N) is 1. The Kier molecular flexibility index (Phi) is 6.25. The predicted molar refractivity (Wildman–Crippen MR) is 156 cm³/mol. The van der Waals surface area contributed by atoms with E-state index in [1.807, 2.05) is 49.9 Å². The first-order valence-corrected chi connectivity index (χ1v) is 15.1. The van der Waals surface area contributed by atoms with Gasteiger partial charge in [-0.3, -0.25) is 14.5 Å². The Morgan fingerprint density at radius 1 is 0.927 bits per heavy atom. The molecule has 3 aliphatic carbocycles. The van der Waals surface area contributed by atoms with Gasteiger partial charge < -0.3 is 15.0 Å². The quantitative estimate of drug-likeness (QED) is 0.543. The molecular formula is C34H39N3O4. The van der Waals surface area contributed by atoms with Crippen molar-refractivity contribution in [2.45, 2.75) is 63.6 Å². The number of carbonyl (C=O) groups excluding carboxylic acids is 3. The van der Waals surface area contributed by atoms with E-state index < -0.39 is 23.7 Å². The number of allylic oxidation sites excluding steroid dienone is 2. The molecule has 2 bridgehead atoms. The Morgan fingerprint density at radius 2 is 1.59 bits per heavy atom. The summed E-state index contributed by atoms with van der Waals surface area (Å²) in [5, 5.41) is 3.15. The van der Waals surface area contributed by atoms with E-state index in [2.05, 4.69) is 41.7 Å². The second-order valence-corrected chi connectivity index (χ2v) is 13.5. The Morgan fingerprint density at radius 3 is 2.27 bits per heavy atom. The molecular weight excluding hydrogens is 514 g/mol. The average molecular weight is 554 g/mol. The summed E-state index contributed by atoms with van der Waals surface area (Å²) in [4.78, 5) is 44.7. The number of carbonyl (C=O) groups is 3. The molecule has 2 aromatic carbocycles. The van der Waals surface area contributed by atoms with Crippen LogP contribution in [0.25, 0.3) is 11.1 Å². The molecule has 3 amide bonds. The van der Waals surface area contributed by atoms with Gasteiger partial charge in [0, 0.05) is 24.5 Å². The normalized spacial score (nSPS) is 29.4. The second kappa shape index (κ2) is 9.74. The molecule has 7 heteroatoms. The molecule has 2 saturated heterocycles. The molecule has 5 aliphatic rings. The monoisotopic (exact) mass is 553 g/mol. The smallest absolute Gasteiger partial charge is 0.410 e. The van der Waals surface area contributed by atoms with E-state index in [0.29, 0.717) is 37.3 Å². The second-order valence-electron chi connectivity index (χ2n) is 13.5. The van der Waals surface area contributed by atoms with E-state index >= 15 is 0 Å². The largest absolute Gasteiger partial charge is 0.448 e. The lowest BCUT2D eigenvalue weighted by atomic mass is 9.81. The van der Waals surface area contributed by atoms with Crippen molar-refractivity contribution in [2.75, 3.05) is 19.7 Å². The molecule has 0 spiro atoms. The van der Waals surface area contributed by atoms with Crippen LogP contribution in [0.2, 0.25) is 0 Å². The van der Waals surface area contributed by atoms with E-state index in [1.54, 1.807) is 4.90 Å². The number of benzene rings is 2. The fourth-order valence-corrected chi connectivity index (χ4v) is 8.33. The molecule has 2 aromatic rings. The van der Waals surface area contributed by atoms with Crippen LogP contribution in [0.4, 0.5) is 4.79 Å². The summed E-state index contributed by atoms with van der Waals surface area (Å²) in [6.07, 6.45) is 6.49. The molecule has 2 aliphatic heterocycles. The maximum absolute atomic E-state index is 14.2. The molecule has 0 aromatic heterocycles. The molecule has 6 atom stereocenters. The van der Waals surface area contributed by atoms with Crippen LogP contribution >= 0.6 is 0 Å². The summed E-state index contributed by atoms with van der Waals surface area (Å²) in [7, 11) is 0. The number of nitrogens with zero attached hydrogens (tertiary/aromatic N) is 2. The zero-order valence-corrected chi connectivity index (χ0v) is 24.1. The van der Waals surface area contributed by atoms with Gasteiger partial charge in [-0.25, -0.2) is 4.79 Å². The molecule has 7 nitrogen and oxygen atoms in total. The molecule has 214 valence electrons. The van der Waals surface area contributed by atoms with Gasteiger partial charge in [0.15, 0.2) is 0 Å². The Bertz CT molecular complexity index is 1380. The number of amides is 3. The van der Waals surface area contributed by atoms with Crippen molar-refractivity contribution in [2.24, 2.45) is 23.7 Å². The third kappa shape index (κ3) is 4.36. The van der Waals surface area contributed by atoms with E-state index in [-0.39, 0.29) is 30.3 Å². The highest BCUT2D eigenvalue weighted by atomic mass is 16.6. The van der Waals surface area contributed by atoms with Gasteiger partial charge >= 0.3 is 6.09 Å². The zero-order valence-electron chi connectivity index (χ0n) is 24.1. The highest BCUT2D eigenvalue weighted by Gasteiger charge is 2.59. The first kappa shape index (κ1) is 26.3. The molecule has 41 heavy (non-hydrogen) atoms. The van der Waals surface area contributed by atoms with Crippen molar-refractivity contribution in [3.8, 4) is 11.1 Å². The summed E-state index contributed by atoms with van der Waals surface area (Å²) in [5.74, 6) is 0.975. The molecule has 0 unspecified atom stereocenters. The van der Waals surface area contributed by atoms with E-state index in [1.165, 1.54) is 11.1 Å². The summed E-state index contributed by atoms with van der Waals surface area (Å²) in [6, 6.07) is 15.4. The number of rotatable bonds is 4. The van der Waals surface area contributed by atoms with Crippen molar-refractivity contribution in [1.82, 2.24) is 15.1 Å². The van der Waals surface area contributed by atoms with Crippen LogP contribution in [0.5, 0.6) is 0 Å². The minimum atomic E-state index is -0.597. The number of fused-ring (bicyclic) bond motifs is 8. The zero-order chi connectivity index (χ0) is 28.5. The molecule has 1 saturated carbocycles. The summed E-state index contributed by atoms with van der Waals surface area (Å²) >= 11 is 0. The van der Waals surface area contributed by atoms with Crippen LogP contribution in [0.3, 0.4) is 0 Å². The van der Waals surface area contributed by atoms with E-state index in [0.717, 1.165) is 24.0 Å². The first-order valence-electron chi connectivity index (χ1n) is 15.1. The lowest BCUT2D eigenvalue weighted by molar-refractivity contribution is -0.143. The Hall–Kier alpha value is -3.61. The standard InChI is InChI=1S/C34H39N3O4/c1-34(2,3)35-31(38)30-29-21-15-14-20(17-21)26(29)18-37(30)32(39)28-13-8-16-36(28)33(40)41-19-27-24-11-6-4-9-22(24)23-10-5-7-12-25(23)27/h4-7,9-12,14-15,20-21,26-30H,8,13,16-19H2,1-3H3,(H,35,38)/t20-,21+,26-,28-,29+,30+/m1/s1. The van der Waals surface area contributed by atoms with Crippen LogP contribution in [0.1, 0.15) is 57.1 Å². The number of hydrogen-bond acceptors (Lipinski definition) is 4. The summed E-state index contributed by atoms with van der Waals surface area (Å²) in [5.41, 5.74) is 4.30. The molecule has 0 radical (unpaired) electrons. The van der Waals surface area contributed by atoms with Gasteiger partial charge in [0.25, 0.3) is 0 Å². The topological polar surface area (TPSA) is 79.0 Å². The lowest BCUT2D eigenvalue weighted by Gasteiger charge is -2.34. The van der Waals surface area contributed by atoms with Crippen molar-refractivity contribution >= 4 is 17.9 Å². The Balaban J connectivity index is 1.08. The number of likely N-dealkylation sites (tertiary alicyclic amines) is 2. The number of hydrogen-bond donors (Lipinski definition) is 1. The third-order valence-electron chi connectivity index (χ3n) is 9.95. The van der Waals surface area contributed by atoms with Crippen LogP contribution < -0.4 is 5.32 Å². The SMILES string of the molecule is CC(C)(C)NC(=O)[C@@H]1[C@@H]2[C@H](CN1C(=O)[C@H]1CCCN1C(=O)OCC1c3ccccc3-c3ccccc31)[C@@H]1C=C[C@H]2C1. The van der Waals surface area contributed by atoms with Crippen LogP contribution in [-0.4, -0.2) is 65.0 Å². The van der Waals surface area contributed by atoms with E-state index in [4.69, 9.17) is 4.74 Å². The fourth-order valence-electron chi connectivity index (χ4n) is 8.33. The average Bonchev–Trinajstić information content (AvgIpc) is 3.76. The van der Waals surface area contributed by atoms with Crippen molar-refractivity contribution in [3.63, 3.8) is 0 Å². The van der Waals surface area contributed by atoms with Gasteiger partial charge in [-0.2, -0.15) is 0 Å². The minimum absolute atomic E-state index is 0.0329. The van der Waals surface area contributed by atoms with Crippen molar-refractivity contribution in [1.29, 1.82) is 0 Å². The minimum Gasteiger partial charge on any atom is -0.448 e. The van der Waals surface area contributed by atoms with E-state index in [9.17, 15) is 14.4 Å². The van der Waals surface area contributed by atoms with Gasteiger partial charge in [-0.1, -0.05) is 60.7 Å². The van der Waals surface area contributed by atoms with Gasteiger partial charge in [0.2, 0.25) is 11.8 Å².